The molecule has 2 heteroatoms. The molecule has 88 valence electrons. The summed E-state index contributed by atoms with van der Waals surface area (Å²) in [5.41, 5.74) is 8.45. The molecule has 2 aromatic rings. The van der Waals surface area contributed by atoms with Crippen molar-refractivity contribution < 1.29 is 4.39 Å². The molecular weight excluding hydrogens is 213 g/mol. The lowest BCUT2D eigenvalue weighted by Gasteiger charge is -2.08. The summed E-state index contributed by atoms with van der Waals surface area (Å²) in [6.45, 7) is 1.97. The summed E-state index contributed by atoms with van der Waals surface area (Å²) in [4.78, 5) is 0. The van der Waals surface area contributed by atoms with Crippen LogP contribution in [-0.2, 0) is 6.42 Å². The highest BCUT2D eigenvalue weighted by Gasteiger charge is 2.05. The van der Waals surface area contributed by atoms with Crippen LogP contribution in [0.3, 0.4) is 0 Å². The van der Waals surface area contributed by atoms with Crippen molar-refractivity contribution >= 4 is 0 Å². The van der Waals surface area contributed by atoms with E-state index in [1.165, 1.54) is 6.07 Å². The average Bonchev–Trinajstić information content (AvgIpc) is 2.29. The number of hydrogen-bond donors (Lipinski definition) is 1. The van der Waals surface area contributed by atoms with Gasteiger partial charge in [-0.05, 0) is 30.5 Å². The van der Waals surface area contributed by atoms with Crippen LogP contribution in [0.5, 0.6) is 0 Å². The van der Waals surface area contributed by atoms with E-state index in [4.69, 9.17) is 5.73 Å². The number of rotatable bonds is 3. The van der Waals surface area contributed by atoms with Gasteiger partial charge >= 0.3 is 0 Å². The largest absolute Gasteiger partial charge is 0.328 e. The molecule has 0 aliphatic heterocycles. The summed E-state index contributed by atoms with van der Waals surface area (Å²) in [5, 5.41) is 0. The zero-order valence-electron chi connectivity index (χ0n) is 9.86. The molecular formula is C15H16FN. The lowest BCUT2D eigenvalue weighted by atomic mass is 10.00. The summed E-state index contributed by atoms with van der Waals surface area (Å²) in [6, 6.07) is 14.8. The summed E-state index contributed by atoms with van der Waals surface area (Å²) in [7, 11) is 0. The molecule has 0 saturated carbocycles. The molecule has 17 heavy (non-hydrogen) atoms. The predicted octanol–water partition coefficient (Wildman–Crippen LogP) is 3.38. The van der Waals surface area contributed by atoms with Gasteiger partial charge in [0.25, 0.3) is 0 Å². The molecule has 2 rings (SSSR count). The van der Waals surface area contributed by atoms with Crippen molar-refractivity contribution in [3.8, 4) is 11.1 Å². The monoisotopic (exact) mass is 229 g/mol. The molecule has 0 aromatic heterocycles. The van der Waals surface area contributed by atoms with E-state index < -0.39 is 0 Å². The smallest absolute Gasteiger partial charge is 0.131 e. The highest BCUT2D eigenvalue weighted by Crippen LogP contribution is 2.23. The number of halogens is 1. The highest BCUT2D eigenvalue weighted by molar-refractivity contribution is 5.64. The van der Waals surface area contributed by atoms with Gasteiger partial charge in [0.15, 0.2) is 0 Å². The van der Waals surface area contributed by atoms with Crippen LogP contribution in [0.1, 0.15) is 12.5 Å². The second kappa shape index (κ2) is 5.11. The minimum Gasteiger partial charge on any atom is -0.328 e. The second-order valence-electron chi connectivity index (χ2n) is 4.36. The van der Waals surface area contributed by atoms with E-state index in [1.807, 2.05) is 37.3 Å². The molecule has 2 aromatic carbocycles. The fourth-order valence-corrected chi connectivity index (χ4v) is 1.93. The molecule has 1 atom stereocenters. The minimum absolute atomic E-state index is 0.117. The number of hydrogen-bond acceptors (Lipinski definition) is 1. The SMILES string of the molecule is CC(N)Cc1cccc(-c2ccccc2F)c1. The zero-order valence-corrected chi connectivity index (χ0v) is 9.86. The molecule has 1 unspecified atom stereocenters. The van der Waals surface area contributed by atoms with Crippen LogP contribution in [-0.4, -0.2) is 6.04 Å². The van der Waals surface area contributed by atoms with Crippen molar-refractivity contribution in [2.75, 3.05) is 0 Å². The summed E-state index contributed by atoms with van der Waals surface area (Å²) >= 11 is 0. The van der Waals surface area contributed by atoms with E-state index in [0.29, 0.717) is 5.56 Å². The molecule has 0 bridgehead atoms. The minimum atomic E-state index is -0.189. The molecule has 0 aliphatic carbocycles. The third-order valence-electron chi connectivity index (χ3n) is 2.67. The highest BCUT2D eigenvalue weighted by atomic mass is 19.1. The van der Waals surface area contributed by atoms with E-state index >= 15 is 0 Å². The maximum absolute atomic E-state index is 13.6. The quantitative estimate of drug-likeness (QED) is 0.857. The first-order valence-corrected chi connectivity index (χ1v) is 5.76. The molecule has 1 nitrogen and oxygen atoms in total. The number of benzene rings is 2. The van der Waals surface area contributed by atoms with Crippen LogP contribution in [0, 0.1) is 5.82 Å². The van der Waals surface area contributed by atoms with Crippen LogP contribution in [0.4, 0.5) is 4.39 Å². The molecule has 0 fully saturated rings. The summed E-state index contributed by atoms with van der Waals surface area (Å²) < 4.78 is 13.6. The zero-order chi connectivity index (χ0) is 12.3. The van der Waals surface area contributed by atoms with Crippen molar-refractivity contribution in [2.45, 2.75) is 19.4 Å². The van der Waals surface area contributed by atoms with Crippen molar-refractivity contribution in [1.29, 1.82) is 0 Å². The first-order valence-electron chi connectivity index (χ1n) is 5.76. The van der Waals surface area contributed by atoms with Crippen molar-refractivity contribution in [3.63, 3.8) is 0 Å². The van der Waals surface area contributed by atoms with Gasteiger partial charge in [-0.15, -0.1) is 0 Å². The first-order chi connectivity index (χ1) is 8.16. The molecule has 0 aliphatic rings. The van der Waals surface area contributed by atoms with Crippen molar-refractivity contribution in [1.82, 2.24) is 0 Å². The number of nitrogens with two attached hydrogens (primary N) is 1. The van der Waals surface area contributed by atoms with Gasteiger partial charge in [0.1, 0.15) is 5.82 Å². The van der Waals surface area contributed by atoms with Gasteiger partial charge in [0.05, 0.1) is 0 Å². The van der Waals surface area contributed by atoms with Crippen LogP contribution in [0.25, 0.3) is 11.1 Å². The van der Waals surface area contributed by atoms with E-state index in [1.54, 1.807) is 12.1 Å². The first kappa shape index (κ1) is 11.8. The van der Waals surface area contributed by atoms with E-state index in [2.05, 4.69) is 0 Å². The maximum atomic E-state index is 13.6. The third-order valence-corrected chi connectivity index (χ3v) is 2.67. The third kappa shape index (κ3) is 2.92. The van der Waals surface area contributed by atoms with Crippen molar-refractivity contribution in [2.24, 2.45) is 5.73 Å². The molecule has 0 saturated heterocycles. The summed E-state index contributed by atoms with van der Waals surface area (Å²) in [6.07, 6.45) is 0.808. The lowest BCUT2D eigenvalue weighted by molar-refractivity contribution is 0.631. The fourth-order valence-electron chi connectivity index (χ4n) is 1.93. The van der Waals surface area contributed by atoms with Gasteiger partial charge in [0.2, 0.25) is 0 Å². The Balaban J connectivity index is 2.37. The van der Waals surface area contributed by atoms with Gasteiger partial charge in [-0.25, -0.2) is 4.39 Å². The Morgan fingerprint density at radius 1 is 1.12 bits per heavy atom. The topological polar surface area (TPSA) is 26.0 Å². The van der Waals surface area contributed by atoms with Crippen LogP contribution in [0.2, 0.25) is 0 Å². The summed E-state index contributed by atoms with van der Waals surface area (Å²) in [5.74, 6) is -0.189. The van der Waals surface area contributed by atoms with Crippen LogP contribution >= 0.6 is 0 Å². The van der Waals surface area contributed by atoms with Gasteiger partial charge in [0, 0.05) is 11.6 Å². The van der Waals surface area contributed by atoms with Crippen LogP contribution in [0.15, 0.2) is 48.5 Å². The Morgan fingerprint density at radius 2 is 1.88 bits per heavy atom. The Morgan fingerprint density at radius 3 is 2.59 bits per heavy atom. The Labute approximate surface area is 101 Å². The van der Waals surface area contributed by atoms with E-state index in [-0.39, 0.29) is 11.9 Å². The second-order valence-corrected chi connectivity index (χ2v) is 4.36. The van der Waals surface area contributed by atoms with Crippen molar-refractivity contribution in [3.05, 3.63) is 59.9 Å². The standard InChI is InChI=1S/C15H16FN/c1-11(17)9-12-5-4-6-13(10-12)14-7-2-3-8-15(14)16/h2-8,10-11H,9,17H2,1H3. The Bertz CT molecular complexity index is 506. The molecule has 0 amide bonds. The van der Waals surface area contributed by atoms with Gasteiger partial charge in [-0.1, -0.05) is 42.5 Å². The molecule has 2 N–H and O–H groups in total. The maximum Gasteiger partial charge on any atom is 0.131 e. The average molecular weight is 229 g/mol. The van der Waals surface area contributed by atoms with Crippen LogP contribution < -0.4 is 5.73 Å². The fraction of sp³-hybridized carbons (Fsp3) is 0.200. The lowest BCUT2D eigenvalue weighted by Crippen LogP contribution is -2.17. The Kier molecular flexibility index (Phi) is 3.55. The van der Waals surface area contributed by atoms with Gasteiger partial charge in [-0.3, -0.25) is 0 Å². The molecule has 0 radical (unpaired) electrons. The molecule has 0 spiro atoms. The van der Waals surface area contributed by atoms with Gasteiger partial charge < -0.3 is 5.73 Å². The molecule has 0 heterocycles. The van der Waals surface area contributed by atoms with E-state index in [9.17, 15) is 4.39 Å². The van der Waals surface area contributed by atoms with E-state index in [0.717, 1.165) is 17.5 Å². The normalized spacial score (nSPS) is 12.4. The Hall–Kier alpha value is -1.67. The van der Waals surface area contributed by atoms with Gasteiger partial charge in [-0.2, -0.15) is 0 Å². The predicted molar refractivity (Wildman–Crippen MR) is 69.2 cm³/mol.